The van der Waals surface area contributed by atoms with Crippen LogP contribution in [-0.2, 0) is 0 Å². The van der Waals surface area contributed by atoms with Crippen LogP contribution < -0.4 is 20.9 Å². The zero-order valence-corrected chi connectivity index (χ0v) is 90.0. The molecule has 8 heterocycles. The summed E-state index contributed by atoms with van der Waals surface area (Å²) < 4.78 is 23.6. The molecule has 24 aromatic rings. The van der Waals surface area contributed by atoms with E-state index in [-0.39, 0.29) is 46.0 Å². The molecule has 0 aliphatic heterocycles. The number of benzene rings is 16. The topological polar surface area (TPSA) is 376 Å². The Hall–Kier alpha value is -12.8. The minimum Gasteiger partial charge on any atom is -0.508 e. The van der Waals surface area contributed by atoms with Crippen molar-refractivity contribution in [2.75, 3.05) is 25.7 Å². The molecule has 0 aliphatic rings. The normalized spacial score (nSPS) is 10.9. The van der Waals surface area contributed by atoms with Gasteiger partial charge in [0.1, 0.15) is 109 Å². The number of aromatic nitrogens is 8. The number of hydrogen-bond donors (Lipinski definition) is 12. The van der Waals surface area contributed by atoms with Crippen LogP contribution in [0.2, 0.25) is 0 Å². The molecule has 0 saturated carbocycles. The average molecular weight is 2520 g/mol. The van der Waals surface area contributed by atoms with Crippen LogP contribution in [0.15, 0.2) is 326 Å². The fourth-order valence-electron chi connectivity index (χ4n) is 13.5. The van der Waals surface area contributed by atoms with Gasteiger partial charge in [-0.25, -0.2) is 39.9 Å². The smallest absolute Gasteiger partial charge is 0.128 e. The van der Waals surface area contributed by atoms with E-state index in [2.05, 4.69) is 158 Å². The number of thiazole rings is 8. The Balaban J connectivity index is 0.000000111. The van der Waals surface area contributed by atoms with E-state index in [1.54, 1.807) is 198 Å². The van der Waals surface area contributed by atoms with Gasteiger partial charge in [0.25, 0.3) is 0 Å². The number of anilines is 2. The van der Waals surface area contributed by atoms with Crippen molar-refractivity contribution < 1.29 is 60.5 Å². The van der Waals surface area contributed by atoms with Gasteiger partial charge in [-0.2, -0.15) is 0 Å². The highest BCUT2D eigenvalue weighted by atomic mass is 127. The summed E-state index contributed by atoms with van der Waals surface area (Å²) in [6, 6.07) is 97.3. The lowest BCUT2D eigenvalue weighted by molar-refractivity contribution is 0.415. The fraction of sp³-hybridized carbons (Fsp3) is 0.0189. The molecular formula is C106H73BrI4N10O12S8. The Bertz CT molecular complexity index is 8330. The summed E-state index contributed by atoms with van der Waals surface area (Å²) in [5.74, 6) is 4.37. The Kier molecular flexibility index (Phi) is 32.2. The van der Waals surface area contributed by atoms with Crippen LogP contribution in [-0.4, -0.2) is 105 Å². The molecule has 0 fully saturated rings. The number of ether oxygens (including phenoxy) is 2. The van der Waals surface area contributed by atoms with Crippen molar-refractivity contribution in [3.63, 3.8) is 0 Å². The summed E-state index contributed by atoms with van der Waals surface area (Å²) in [6.45, 7) is 0. The van der Waals surface area contributed by atoms with Gasteiger partial charge in [0.15, 0.2) is 0 Å². The maximum absolute atomic E-state index is 9.56. The second kappa shape index (κ2) is 45.4. The van der Waals surface area contributed by atoms with Crippen molar-refractivity contribution in [3.8, 4) is 154 Å². The molecule has 16 aromatic carbocycles. The predicted molar refractivity (Wildman–Crippen MR) is 618 cm³/mol. The molecule has 0 amide bonds. The van der Waals surface area contributed by atoms with Crippen molar-refractivity contribution in [1.29, 1.82) is 0 Å². The third-order valence-corrected chi connectivity index (χ3v) is 33.9. The van der Waals surface area contributed by atoms with E-state index in [0.717, 1.165) is 203 Å². The maximum Gasteiger partial charge on any atom is 0.128 e. The van der Waals surface area contributed by atoms with Crippen molar-refractivity contribution >= 4 is 290 Å². The molecule has 141 heavy (non-hydrogen) atoms. The predicted octanol–water partition coefficient (Wildman–Crippen LogP) is 31.1. The number of aromatic hydroxyl groups is 10. The van der Waals surface area contributed by atoms with E-state index >= 15 is 0 Å². The number of phenolic OH excluding ortho intramolecular Hbond substituents is 10. The summed E-state index contributed by atoms with van der Waals surface area (Å²) in [6.07, 6.45) is 0. The Labute approximate surface area is 899 Å². The molecule has 0 atom stereocenters. The molecule has 24 rings (SSSR count). The molecule has 0 spiro atoms. The van der Waals surface area contributed by atoms with E-state index in [4.69, 9.17) is 20.9 Å². The van der Waals surface area contributed by atoms with Gasteiger partial charge in [-0.1, -0.05) is 28.1 Å². The van der Waals surface area contributed by atoms with Gasteiger partial charge in [0.2, 0.25) is 0 Å². The number of nitrogen functional groups attached to an aromatic ring is 2. The number of methoxy groups -OCH3 is 2. The first kappa shape index (κ1) is 99.8. The van der Waals surface area contributed by atoms with Crippen LogP contribution in [0.4, 0.5) is 11.4 Å². The average Bonchev–Trinajstić information content (AvgIpc) is 1.63. The molecule has 0 bridgehead atoms. The Morgan fingerprint density at radius 2 is 0.504 bits per heavy atom. The van der Waals surface area contributed by atoms with Gasteiger partial charge in [-0.05, 0) is 400 Å². The number of halogens is 5. The summed E-state index contributed by atoms with van der Waals surface area (Å²) in [5, 5.41) is 101. The first-order valence-electron chi connectivity index (χ1n) is 42.1. The molecule has 0 saturated heterocycles. The van der Waals surface area contributed by atoms with Crippen molar-refractivity contribution in [1.82, 2.24) is 39.9 Å². The van der Waals surface area contributed by atoms with E-state index in [1.165, 1.54) is 27.4 Å². The van der Waals surface area contributed by atoms with E-state index in [9.17, 15) is 51.1 Å². The van der Waals surface area contributed by atoms with Crippen LogP contribution in [0.1, 0.15) is 0 Å². The lowest BCUT2D eigenvalue weighted by Gasteiger charge is -1.99. The summed E-state index contributed by atoms with van der Waals surface area (Å²) in [7, 11) is 3.31. The van der Waals surface area contributed by atoms with Crippen LogP contribution in [0, 0.1) is 14.3 Å². The number of phenols is 10. The van der Waals surface area contributed by atoms with E-state index in [1.807, 2.05) is 194 Å². The summed E-state index contributed by atoms with van der Waals surface area (Å²) in [5.41, 5.74) is 28.8. The number of para-hydroxylation sites is 1. The molecule has 702 valence electrons. The van der Waals surface area contributed by atoms with Gasteiger partial charge in [0, 0.05) is 60.4 Å². The van der Waals surface area contributed by atoms with Crippen LogP contribution >= 0.6 is 197 Å². The Morgan fingerprint density at radius 3 is 0.851 bits per heavy atom. The fourth-order valence-corrected chi connectivity index (χ4v) is 24.3. The third-order valence-electron chi connectivity index (χ3n) is 20.7. The highest BCUT2D eigenvalue weighted by molar-refractivity contribution is 14.1. The van der Waals surface area contributed by atoms with Gasteiger partial charge in [-0.3, -0.25) is 0 Å². The lowest BCUT2D eigenvalue weighted by Crippen LogP contribution is -1.87. The molecule has 14 N–H and O–H groups in total. The highest BCUT2D eigenvalue weighted by Crippen LogP contribution is 2.43. The number of fused-ring (bicyclic) bond motifs is 8. The molecule has 35 heteroatoms. The summed E-state index contributed by atoms with van der Waals surface area (Å²) in [4.78, 5) is 36.5. The molecule has 0 unspecified atom stereocenters. The highest BCUT2D eigenvalue weighted by Gasteiger charge is 2.18. The number of nitrogens with two attached hydrogens (primary N) is 2. The quantitative estimate of drug-likeness (QED) is 0.0447. The largest absolute Gasteiger partial charge is 0.508 e. The first-order valence-corrected chi connectivity index (χ1v) is 53.7. The first-order chi connectivity index (χ1) is 68.1. The van der Waals surface area contributed by atoms with Crippen LogP contribution in [0.3, 0.4) is 0 Å². The molecule has 0 radical (unpaired) electrons. The molecule has 22 nitrogen and oxygen atoms in total. The SMILES string of the molecule is COc1ccc2nc(-c3ccc(O)c(I)c3)sc2c1.COc1ccc2nc(-c3ccc(O)cc3)sc2c1.Nc1ccc2nc(-c3ccc(O)cc3)sc2c1.Nc1ccc2nc(-c3ccc(O)cc3)sc2c1I.Oc1ccc(-c2nc3ccc(Br)cc3s2)cc1I.Oc1ccc(-c2nc3ccc(O)cc3s2)cc1.Oc1ccc(-c2nc3ccccc3s2)cc1.Oc1ccc2nc(-c3ccc(O)c(I)c3)sc2c1. The molecule has 0 aliphatic carbocycles. The van der Waals surface area contributed by atoms with Gasteiger partial charge >= 0.3 is 0 Å². The molecular weight excluding hydrogens is 2450 g/mol. The molecule has 8 aromatic heterocycles. The zero-order chi connectivity index (χ0) is 98.6. The number of hydrogen-bond acceptors (Lipinski definition) is 30. The van der Waals surface area contributed by atoms with Crippen molar-refractivity contribution in [2.45, 2.75) is 0 Å². The van der Waals surface area contributed by atoms with Crippen molar-refractivity contribution in [2.24, 2.45) is 0 Å². The second-order valence-electron chi connectivity index (χ2n) is 30.5. The van der Waals surface area contributed by atoms with Crippen molar-refractivity contribution in [3.05, 3.63) is 340 Å². The van der Waals surface area contributed by atoms with Crippen LogP contribution in [0.25, 0.3) is 166 Å². The summed E-state index contributed by atoms with van der Waals surface area (Å²) >= 11 is 24.8. The number of nitrogens with zero attached hydrogens (tertiary/aromatic N) is 8. The van der Waals surface area contributed by atoms with Gasteiger partial charge < -0.3 is 72.0 Å². The standard InChI is InChI=1S/C14H10INO2S.C14H11NO2S.C13H7BrINOS.C13H9IN2OS.C13H8INO2S.C13H10N2OS.C13H9NO2S.C13H9NOS/c1-18-9-3-4-11-13(7-9)19-14(16-11)8-2-5-12(17)10(15)6-8;1-17-11-6-7-12-13(8-11)18-14(15-12)9-2-4-10(16)5-3-9;14-8-2-3-10-12(6-8)18-13(16-10)7-1-4-11(17)9(15)5-7;14-11-9(15)5-6-10-12(11)18-13(16-10)7-1-3-8(17)4-2-7;14-9-5-7(1-4-11(9)17)13-15-10-3-2-8(16)6-12(10)18-13;14-9-3-6-11-12(7-9)17-13(15-11)8-1-4-10(16)5-2-8;15-9-3-1-8(2-4-9)13-14-11-6-5-10(16)7-12(11)17-13;15-10-7-5-9(6-8-10)13-14-11-3-1-2-4-12(11)16-13/h2-7,17H,1H3;2-8,16H,1H3;1-6,17H;1-6,17H,15H2;1-6,16-17H;1-7,16H,14H2;1-7,15-16H;1-8,15H. The lowest BCUT2D eigenvalue weighted by atomic mass is 10.2. The van der Waals surface area contributed by atoms with Gasteiger partial charge in [0.05, 0.1) is 110 Å². The minimum atomic E-state index is 0.243. The zero-order valence-electron chi connectivity index (χ0n) is 73.3. The van der Waals surface area contributed by atoms with Gasteiger partial charge in [-0.15, -0.1) is 90.7 Å². The monoisotopic (exact) mass is 2520 g/mol. The Morgan fingerprint density at radius 1 is 0.241 bits per heavy atom. The second-order valence-corrected chi connectivity index (χ2v) is 44.2. The van der Waals surface area contributed by atoms with E-state index < -0.39 is 0 Å². The number of rotatable bonds is 10. The maximum atomic E-state index is 9.56. The minimum absolute atomic E-state index is 0.243. The van der Waals surface area contributed by atoms with Crippen LogP contribution in [0.5, 0.6) is 69.0 Å². The third kappa shape index (κ3) is 25.1. The van der Waals surface area contributed by atoms with E-state index in [0.29, 0.717) is 11.5 Å².